The predicted molar refractivity (Wildman–Crippen MR) is 109 cm³/mol. The van der Waals surface area contributed by atoms with E-state index < -0.39 is 5.54 Å². The number of aromatic nitrogens is 2. The van der Waals surface area contributed by atoms with E-state index in [9.17, 15) is 0 Å². The second kappa shape index (κ2) is 7.30. The van der Waals surface area contributed by atoms with Crippen molar-refractivity contribution in [3.05, 3.63) is 126 Å². The van der Waals surface area contributed by atoms with Crippen LogP contribution in [0.1, 0.15) is 22.5 Å². The molecular formula is C23H19BrN2. The van der Waals surface area contributed by atoms with E-state index in [4.69, 9.17) is 0 Å². The van der Waals surface area contributed by atoms with Gasteiger partial charge >= 0.3 is 0 Å². The summed E-state index contributed by atoms with van der Waals surface area (Å²) in [5, 5.41) is 0.689. The molecule has 0 aliphatic rings. The van der Waals surface area contributed by atoms with Crippen molar-refractivity contribution < 1.29 is 0 Å². The Balaban J connectivity index is 2.15. The van der Waals surface area contributed by atoms with E-state index in [-0.39, 0.29) is 0 Å². The summed E-state index contributed by atoms with van der Waals surface area (Å²) in [4.78, 5) is 4.59. The number of rotatable bonds is 5. The van der Waals surface area contributed by atoms with E-state index in [0.29, 0.717) is 5.33 Å². The summed E-state index contributed by atoms with van der Waals surface area (Å²) >= 11 is 3.61. The van der Waals surface area contributed by atoms with Crippen LogP contribution in [-0.2, 0) is 10.9 Å². The smallest absolute Gasteiger partial charge is 0.121 e. The van der Waals surface area contributed by atoms with E-state index in [2.05, 4.69) is 123 Å². The van der Waals surface area contributed by atoms with E-state index >= 15 is 0 Å². The first-order valence-corrected chi connectivity index (χ1v) is 9.74. The number of imidazole rings is 1. The lowest BCUT2D eigenvalue weighted by atomic mass is 9.76. The van der Waals surface area contributed by atoms with Gasteiger partial charge in [-0.25, -0.2) is 4.98 Å². The van der Waals surface area contributed by atoms with Gasteiger partial charge in [0.15, 0.2) is 0 Å². The molecule has 4 rings (SSSR count). The number of hydrogen-bond donors (Lipinski definition) is 0. The Morgan fingerprint density at radius 3 is 1.50 bits per heavy atom. The Bertz CT molecular complexity index is 866. The summed E-state index contributed by atoms with van der Waals surface area (Å²) in [6.45, 7) is 0. The van der Waals surface area contributed by atoms with Crippen LogP contribution in [0.15, 0.2) is 103 Å². The van der Waals surface area contributed by atoms with Crippen molar-refractivity contribution in [3.63, 3.8) is 0 Å². The van der Waals surface area contributed by atoms with Crippen LogP contribution in [0.4, 0.5) is 0 Å². The molecule has 1 aromatic heterocycles. The van der Waals surface area contributed by atoms with Gasteiger partial charge in [-0.3, -0.25) is 0 Å². The maximum atomic E-state index is 4.59. The van der Waals surface area contributed by atoms with Crippen LogP contribution in [-0.4, -0.2) is 9.55 Å². The van der Waals surface area contributed by atoms with Gasteiger partial charge in [-0.15, -0.1) is 0 Å². The number of alkyl halides is 1. The number of nitrogens with zero attached hydrogens (tertiary/aromatic N) is 2. The highest BCUT2D eigenvalue weighted by molar-refractivity contribution is 9.08. The molecule has 0 fully saturated rings. The zero-order chi connectivity index (χ0) is 17.8. The largest absolute Gasteiger partial charge is 0.316 e. The fourth-order valence-electron chi connectivity index (χ4n) is 3.69. The minimum atomic E-state index is -0.483. The van der Waals surface area contributed by atoms with Crippen LogP contribution in [0.2, 0.25) is 0 Å². The summed E-state index contributed by atoms with van der Waals surface area (Å²) in [6, 6.07) is 31.9. The van der Waals surface area contributed by atoms with Crippen LogP contribution in [0, 0.1) is 0 Å². The maximum absolute atomic E-state index is 4.59. The summed E-state index contributed by atoms with van der Waals surface area (Å²) < 4.78 is 2.28. The Morgan fingerprint density at radius 1 is 0.692 bits per heavy atom. The normalized spacial score (nSPS) is 11.4. The van der Waals surface area contributed by atoms with Crippen LogP contribution in [0.5, 0.6) is 0 Å². The molecule has 0 atom stereocenters. The lowest BCUT2D eigenvalue weighted by molar-refractivity contribution is 0.501. The number of hydrogen-bond acceptors (Lipinski definition) is 1. The molecule has 0 radical (unpaired) electrons. The molecule has 128 valence electrons. The van der Waals surface area contributed by atoms with Gasteiger partial charge in [0.2, 0.25) is 0 Å². The second-order valence-corrected chi connectivity index (χ2v) is 6.72. The van der Waals surface area contributed by atoms with Crippen molar-refractivity contribution in [1.29, 1.82) is 0 Å². The van der Waals surface area contributed by atoms with Crippen LogP contribution >= 0.6 is 15.9 Å². The molecule has 1 heterocycles. The van der Waals surface area contributed by atoms with Gasteiger partial charge in [0.25, 0.3) is 0 Å². The summed E-state index contributed by atoms with van der Waals surface area (Å²) in [5.74, 6) is 0.988. The van der Waals surface area contributed by atoms with Crippen molar-refractivity contribution in [2.75, 3.05) is 0 Å². The number of benzene rings is 3. The highest BCUT2D eigenvalue weighted by Crippen LogP contribution is 2.41. The molecule has 0 saturated carbocycles. The first kappa shape index (κ1) is 16.8. The molecule has 0 amide bonds. The molecule has 0 aliphatic heterocycles. The fourth-order valence-corrected chi connectivity index (χ4v) is 4.11. The van der Waals surface area contributed by atoms with Gasteiger partial charge in [-0.1, -0.05) is 107 Å². The topological polar surface area (TPSA) is 17.8 Å². The Morgan fingerprint density at radius 2 is 1.12 bits per heavy atom. The Hall–Kier alpha value is -2.65. The van der Waals surface area contributed by atoms with Crippen molar-refractivity contribution in [2.24, 2.45) is 0 Å². The minimum Gasteiger partial charge on any atom is -0.316 e. The van der Waals surface area contributed by atoms with Crippen molar-refractivity contribution in [3.8, 4) is 0 Å². The molecule has 0 N–H and O–H groups in total. The van der Waals surface area contributed by atoms with Crippen LogP contribution < -0.4 is 0 Å². The van der Waals surface area contributed by atoms with E-state index in [1.165, 1.54) is 16.7 Å². The molecule has 4 aromatic rings. The number of halogens is 1. The van der Waals surface area contributed by atoms with Crippen molar-refractivity contribution in [1.82, 2.24) is 9.55 Å². The zero-order valence-corrected chi connectivity index (χ0v) is 15.9. The van der Waals surface area contributed by atoms with Gasteiger partial charge in [0.1, 0.15) is 11.4 Å². The summed E-state index contributed by atoms with van der Waals surface area (Å²) in [7, 11) is 0. The van der Waals surface area contributed by atoms with Gasteiger partial charge in [-0.05, 0) is 16.7 Å². The predicted octanol–water partition coefficient (Wildman–Crippen LogP) is 5.62. The van der Waals surface area contributed by atoms with Gasteiger partial charge in [0.05, 0.1) is 5.33 Å². The third-order valence-corrected chi connectivity index (χ3v) is 5.27. The average Bonchev–Trinajstić information content (AvgIpc) is 3.20. The monoisotopic (exact) mass is 402 g/mol. The molecule has 0 spiro atoms. The molecule has 0 bridgehead atoms. The van der Waals surface area contributed by atoms with Gasteiger partial charge in [0, 0.05) is 12.4 Å². The molecule has 2 nitrogen and oxygen atoms in total. The Labute approximate surface area is 162 Å². The molecule has 0 saturated heterocycles. The zero-order valence-electron chi connectivity index (χ0n) is 14.3. The third kappa shape index (κ3) is 2.69. The molecule has 3 heteroatoms. The average molecular weight is 403 g/mol. The maximum Gasteiger partial charge on any atom is 0.121 e. The minimum absolute atomic E-state index is 0.483. The van der Waals surface area contributed by atoms with E-state index in [1.807, 2.05) is 6.20 Å². The first-order valence-electron chi connectivity index (χ1n) is 8.62. The third-order valence-electron chi connectivity index (χ3n) is 4.77. The Kier molecular flexibility index (Phi) is 4.72. The molecule has 3 aromatic carbocycles. The van der Waals surface area contributed by atoms with Crippen molar-refractivity contribution >= 4 is 15.9 Å². The lowest BCUT2D eigenvalue weighted by Crippen LogP contribution is -2.38. The van der Waals surface area contributed by atoms with E-state index in [0.717, 1.165) is 5.82 Å². The van der Waals surface area contributed by atoms with Crippen LogP contribution in [0.25, 0.3) is 0 Å². The van der Waals surface area contributed by atoms with Gasteiger partial charge < -0.3 is 4.57 Å². The molecular weight excluding hydrogens is 384 g/mol. The lowest BCUT2D eigenvalue weighted by Gasteiger charge is -2.38. The second-order valence-electron chi connectivity index (χ2n) is 6.16. The highest BCUT2D eigenvalue weighted by atomic mass is 79.9. The molecule has 0 aliphatic carbocycles. The summed E-state index contributed by atoms with van der Waals surface area (Å²) in [6.07, 6.45) is 3.95. The van der Waals surface area contributed by atoms with Crippen LogP contribution in [0.3, 0.4) is 0 Å². The molecule has 0 unspecified atom stereocenters. The first-order chi connectivity index (χ1) is 12.9. The van der Waals surface area contributed by atoms with Crippen molar-refractivity contribution in [2.45, 2.75) is 10.9 Å². The van der Waals surface area contributed by atoms with Gasteiger partial charge in [-0.2, -0.15) is 0 Å². The fraction of sp³-hybridized carbons (Fsp3) is 0.0870. The summed E-state index contributed by atoms with van der Waals surface area (Å²) in [5.41, 5.74) is 3.14. The standard InChI is InChI=1S/C23H19BrN2/c24-18-22-25-16-17-26(22)23(19-10-4-1-5-11-19,20-12-6-2-7-13-20)21-14-8-3-9-15-21/h1-17H,18H2. The molecule has 26 heavy (non-hydrogen) atoms. The quantitative estimate of drug-likeness (QED) is 0.313. The SMILES string of the molecule is BrCc1nccn1C(c1ccccc1)(c1ccccc1)c1ccccc1. The highest BCUT2D eigenvalue weighted by Gasteiger charge is 2.39. The van der Waals surface area contributed by atoms with E-state index in [1.54, 1.807) is 0 Å².